The van der Waals surface area contributed by atoms with Crippen LogP contribution in [0.2, 0.25) is 0 Å². The molecule has 0 spiro atoms. The van der Waals surface area contributed by atoms with E-state index in [1.54, 1.807) is 0 Å². The molecule has 6 aromatic carbocycles. The average Bonchev–Trinajstić information content (AvgIpc) is 3.51. The first-order chi connectivity index (χ1) is 17.9. The van der Waals surface area contributed by atoms with E-state index < -0.39 is 0 Å². The summed E-state index contributed by atoms with van der Waals surface area (Å²) in [4.78, 5) is 10.2. The van der Waals surface area contributed by atoms with Crippen LogP contribution < -0.4 is 10.7 Å². The predicted molar refractivity (Wildman–Crippen MR) is 146 cm³/mol. The molecule has 0 saturated heterocycles. The third kappa shape index (κ3) is 2.67. The summed E-state index contributed by atoms with van der Waals surface area (Å²) in [7, 11) is 0. The van der Waals surface area contributed by atoms with Crippen molar-refractivity contribution in [1.82, 2.24) is 0 Å². The number of benzene rings is 6. The lowest BCUT2D eigenvalue weighted by Gasteiger charge is -2.18. The molecule has 8 rings (SSSR count). The second-order valence-corrected chi connectivity index (χ2v) is 9.37. The van der Waals surface area contributed by atoms with Crippen molar-refractivity contribution >= 4 is 22.1 Å². The number of hydrogen-bond donors (Lipinski definition) is 0. The zero-order valence-corrected chi connectivity index (χ0v) is 19.4. The lowest BCUT2D eigenvalue weighted by atomic mass is 9.85. The third-order valence-corrected chi connectivity index (χ3v) is 7.40. The second kappa shape index (κ2) is 7.34. The SMILES string of the molecule is c1ccc(-c2ccc3c(c2-c2cccc4ccccc24)-c2c4c(ccc2=N3)=c2ccccc2=N4)cc1. The Balaban J connectivity index is 1.55. The molecule has 0 saturated carbocycles. The van der Waals surface area contributed by atoms with Gasteiger partial charge in [-0.3, -0.25) is 0 Å². The Morgan fingerprint density at radius 3 is 2.17 bits per heavy atom. The van der Waals surface area contributed by atoms with Gasteiger partial charge in [0.2, 0.25) is 0 Å². The van der Waals surface area contributed by atoms with Crippen LogP contribution in [-0.2, 0) is 0 Å². The summed E-state index contributed by atoms with van der Waals surface area (Å²) in [6.07, 6.45) is 0. The van der Waals surface area contributed by atoms with Crippen molar-refractivity contribution in [3.63, 3.8) is 0 Å². The van der Waals surface area contributed by atoms with E-state index in [0.29, 0.717) is 0 Å². The van der Waals surface area contributed by atoms with Crippen LogP contribution in [0.3, 0.4) is 0 Å². The van der Waals surface area contributed by atoms with E-state index in [9.17, 15) is 0 Å². The summed E-state index contributed by atoms with van der Waals surface area (Å²) in [6, 6.07) is 43.0. The molecule has 0 aromatic heterocycles. The van der Waals surface area contributed by atoms with Gasteiger partial charge in [0, 0.05) is 27.1 Å². The third-order valence-electron chi connectivity index (χ3n) is 7.40. The maximum Gasteiger partial charge on any atom is 0.0817 e. The summed E-state index contributed by atoms with van der Waals surface area (Å²) in [5.41, 5.74) is 9.20. The predicted octanol–water partition coefficient (Wildman–Crippen LogP) is 7.66. The highest BCUT2D eigenvalue weighted by atomic mass is 14.8. The zero-order chi connectivity index (χ0) is 23.6. The van der Waals surface area contributed by atoms with E-state index in [1.165, 1.54) is 49.0 Å². The normalized spacial score (nSPS) is 12.3. The zero-order valence-electron chi connectivity index (χ0n) is 19.4. The van der Waals surface area contributed by atoms with Crippen molar-refractivity contribution in [2.45, 2.75) is 0 Å². The molecule has 0 atom stereocenters. The van der Waals surface area contributed by atoms with Gasteiger partial charge in [-0.1, -0.05) is 97.1 Å². The molecule has 2 heterocycles. The number of hydrogen-bond acceptors (Lipinski definition) is 2. The molecule has 2 aliphatic rings. The molecule has 6 aromatic rings. The Morgan fingerprint density at radius 2 is 1.22 bits per heavy atom. The minimum atomic E-state index is 0.993. The molecular weight excluding hydrogens is 436 g/mol. The van der Waals surface area contributed by atoms with Crippen LogP contribution in [0, 0.1) is 10.4 Å². The van der Waals surface area contributed by atoms with Crippen molar-refractivity contribution in [3.8, 4) is 33.4 Å². The van der Waals surface area contributed by atoms with Gasteiger partial charge in [0.05, 0.1) is 22.1 Å². The van der Waals surface area contributed by atoms with E-state index in [1.807, 2.05) is 0 Å². The Kier molecular flexibility index (Phi) is 3.97. The van der Waals surface area contributed by atoms with Crippen LogP contribution in [0.1, 0.15) is 0 Å². The fourth-order valence-electron chi connectivity index (χ4n) is 5.82. The van der Waals surface area contributed by atoms with Crippen molar-refractivity contribution in [2.24, 2.45) is 9.98 Å². The maximum atomic E-state index is 5.13. The van der Waals surface area contributed by atoms with E-state index in [4.69, 9.17) is 9.98 Å². The second-order valence-electron chi connectivity index (χ2n) is 9.37. The minimum Gasteiger partial charge on any atom is -0.248 e. The highest BCUT2D eigenvalue weighted by molar-refractivity contribution is 6.09. The van der Waals surface area contributed by atoms with E-state index in [-0.39, 0.29) is 0 Å². The first-order valence-corrected chi connectivity index (χ1v) is 12.3. The first-order valence-electron chi connectivity index (χ1n) is 12.3. The highest BCUT2D eigenvalue weighted by Crippen LogP contribution is 2.50. The minimum absolute atomic E-state index is 0.993. The van der Waals surface area contributed by atoms with Crippen molar-refractivity contribution in [2.75, 3.05) is 0 Å². The van der Waals surface area contributed by atoms with Crippen molar-refractivity contribution < 1.29 is 0 Å². The Bertz CT molecular complexity index is 2090. The van der Waals surface area contributed by atoms with Gasteiger partial charge in [-0.05, 0) is 51.7 Å². The van der Waals surface area contributed by atoms with Crippen LogP contribution in [0.4, 0.5) is 11.4 Å². The summed E-state index contributed by atoms with van der Waals surface area (Å²) in [5.74, 6) is 0. The maximum absolute atomic E-state index is 5.13. The van der Waals surface area contributed by atoms with Gasteiger partial charge in [-0.2, -0.15) is 0 Å². The molecular formula is C34H20N2. The molecule has 0 bridgehead atoms. The summed E-state index contributed by atoms with van der Waals surface area (Å²) >= 11 is 0. The quantitative estimate of drug-likeness (QED) is 0.255. The lowest BCUT2D eigenvalue weighted by Crippen LogP contribution is -2.01. The van der Waals surface area contributed by atoms with Crippen molar-refractivity contribution in [1.29, 1.82) is 0 Å². The first kappa shape index (κ1) is 19.5. The lowest BCUT2D eigenvalue weighted by molar-refractivity contribution is 1.36. The van der Waals surface area contributed by atoms with Crippen LogP contribution in [0.15, 0.2) is 131 Å². The number of para-hydroxylation sites is 1. The number of rotatable bonds is 2. The van der Waals surface area contributed by atoms with E-state index in [0.717, 1.165) is 27.7 Å². The summed E-state index contributed by atoms with van der Waals surface area (Å²) in [6.45, 7) is 0. The Labute approximate surface area is 207 Å². The van der Waals surface area contributed by atoms with Gasteiger partial charge in [0.15, 0.2) is 0 Å². The molecule has 0 fully saturated rings. The fraction of sp³-hybridized carbons (Fsp3) is 0. The van der Waals surface area contributed by atoms with Crippen LogP contribution in [0.5, 0.6) is 0 Å². The van der Waals surface area contributed by atoms with Gasteiger partial charge < -0.3 is 0 Å². The molecule has 2 nitrogen and oxygen atoms in total. The smallest absolute Gasteiger partial charge is 0.0817 e. The van der Waals surface area contributed by atoms with Gasteiger partial charge in [0.25, 0.3) is 0 Å². The Morgan fingerprint density at radius 1 is 0.417 bits per heavy atom. The summed E-state index contributed by atoms with van der Waals surface area (Å²) in [5, 5.41) is 6.87. The molecule has 0 amide bonds. The van der Waals surface area contributed by atoms with Crippen LogP contribution in [-0.4, -0.2) is 0 Å². The average molecular weight is 457 g/mol. The Hall–Kier alpha value is -4.82. The highest BCUT2D eigenvalue weighted by Gasteiger charge is 2.27. The largest absolute Gasteiger partial charge is 0.248 e. The molecule has 0 N–H and O–H groups in total. The topological polar surface area (TPSA) is 24.7 Å². The molecule has 0 unspecified atom stereocenters. The monoisotopic (exact) mass is 456 g/mol. The fourth-order valence-corrected chi connectivity index (χ4v) is 5.82. The number of fused-ring (bicyclic) bond motifs is 7. The standard InChI is InChI=1S/C34H20N2/c1-2-9-22(10-3-1)24-17-19-29-32(31(24)26-15-8-12-21-11-4-5-13-23(21)26)33-30(35-29)20-18-27-25-14-6-7-16-28(25)36-34(27)33/h1-20H. The summed E-state index contributed by atoms with van der Waals surface area (Å²) < 4.78 is 0. The van der Waals surface area contributed by atoms with Gasteiger partial charge in [-0.25, -0.2) is 9.98 Å². The molecule has 2 heteroatoms. The molecule has 0 radical (unpaired) electrons. The van der Waals surface area contributed by atoms with Gasteiger partial charge in [0.1, 0.15) is 0 Å². The van der Waals surface area contributed by atoms with Gasteiger partial charge >= 0.3 is 0 Å². The molecule has 166 valence electrons. The van der Waals surface area contributed by atoms with E-state index >= 15 is 0 Å². The molecule has 36 heavy (non-hydrogen) atoms. The van der Waals surface area contributed by atoms with Crippen molar-refractivity contribution in [3.05, 3.63) is 142 Å². The molecule has 0 aliphatic carbocycles. The van der Waals surface area contributed by atoms with Crippen LogP contribution in [0.25, 0.3) is 44.2 Å². The molecule has 2 aliphatic heterocycles. The van der Waals surface area contributed by atoms with E-state index in [2.05, 4.69) is 121 Å². The van der Waals surface area contributed by atoms with Crippen LogP contribution >= 0.6 is 0 Å². The number of nitrogens with zero attached hydrogens (tertiary/aromatic N) is 2. The van der Waals surface area contributed by atoms with Gasteiger partial charge in [-0.15, -0.1) is 0 Å².